The summed E-state index contributed by atoms with van der Waals surface area (Å²) in [4.78, 5) is 25.4. The molecule has 1 heterocycles. The van der Waals surface area contributed by atoms with E-state index in [0.717, 1.165) is 12.1 Å². The van der Waals surface area contributed by atoms with Crippen LogP contribution in [0.2, 0.25) is 0 Å². The van der Waals surface area contributed by atoms with Crippen LogP contribution in [-0.4, -0.2) is 42.7 Å². The first-order valence-electron chi connectivity index (χ1n) is 7.51. The molecule has 0 bridgehead atoms. The number of anilines is 1. The van der Waals surface area contributed by atoms with Gasteiger partial charge in [0.1, 0.15) is 11.8 Å². The highest BCUT2D eigenvalue weighted by atomic mass is 16.5. The van der Waals surface area contributed by atoms with Crippen LogP contribution in [0, 0.1) is 0 Å². The molecule has 1 aliphatic rings. The Morgan fingerprint density at radius 1 is 1.50 bits per heavy atom. The molecule has 1 saturated heterocycles. The van der Waals surface area contributed by atoms with Crippen LogP contribution in [-0.2, 0) is 9.59 Å². The van der Waals surface area contributed by atoms with Gasteiger partial charge < -0.3 is 14.7 Å². The summed E-state index contributed by atoms with van der Waals surface area (Å²) in [6, 6.07) is 6.19. The summed E-state index contributed by atoms with van der Waals surface area (Å²) in [6.07, 6.45) is 1.85. The van der Waals surface area contributed by atoms with Gasteiger partial charge in [-0.15, -0.1) is 0 Å². The lowest BCUT2D eigenvalue weighted by Crippen LogP contribution is -2.47. The molecule has 2 N–H and O–H groups in total. The molecule has 0 radical (unpaired) electrons. The second-order valence-corrected chi connectivity index (χ2v) is 5.35. The molecule has 1 amide bonds. The van der Waals surface area contributed by atoms with Crippen molar-refractivity contribution in [3.05, 3.63) is 24.3 Å². The highest BCUT2D eigenvalue weighted by Crippen LogP contribution is 2.31. The van der Waals surface area contributed by atoms with Crippen LogP contribution in [0.4, 0.5) is 5.69 Å². The van der Waals surface area contributed by atoms with Crippen LogP contribution in [0.5, 0.6) is 5.75 Å². The Labute approximate surface area is 130 Å². The smallest absolute Gasteiger partial charge is 0.320 e. The normalized spacial score (nSPS) is 19.3. The number of hydrogen-bond donors (Lipinski definition) is 2. The predicted octanol–water partition coefficient (Wildman–Crippen LogP) is 1.64. The molecule has 2 rings (SSSR count). The zero-order valence-corrected chi connectivity index (χ0v) is 12.9. The zero-order valence-electron chi connectivity index (χ0n) is 12.9. The van der Waals surface area contributed by atoms with E-state index in [1.807, 2.05) is 25.1 Å². The number of benzene rings is 1. The van der Waals surface area contributed by atoms with Crippen molar-refractivity contribution in [3.63, 3.8) is 0 Å². The van der Waals surface area contributed by atoms with Gasteiger partial charge in [0.2, 0.25) is 5.91 Å². The van der Waals surface area contributed by atoms with Crippen molar-refractivity contribution in [3.8, 4) is 5.75 Å². The Hall–Kier alpha value is -2.08. The summed E-state index contributed by atoms with van der Waals surface area (Å²) < 4.78 is 5.29. The van der Waals surface area contributed by atoms with Gasteiger partial charge in [-0.05, 0) is 25.0 Å². The topological polar surface area (TPSA) is 78.9 Å². The molecular weight excluding hydrogens is 284 g/mol. The lowest BCUT2D eigenvalue weighted by Gasteiger charge is -2.21. The third-order valence-corrected chi connectivity index (χ3v) is 3.86. The maximum Gasteiger partial charge on any atom is 0.320 e. The molecule has 1 aromatic rings. The van der Waals surface area contributed by atoms with Crippen LogP contribution < -0.4 is 15.0 Å². The Kier molecular flexibility index (Phi) is 5.38. The van der Waals surface area contributed by atoms with Gasteiger partial charge >= 0.3 is 5.97 Å². The number of nitrogens with zero attached hydrogens (tertiary/aromatic N) is 1. The fourth-order valence-electron chi connectivity index (χ4n) is 2.74. The summed E-state index contributed by atoms with van der Waals surface area (Å²) in [5, 5.41) is 12.2. The first-order chi connectivity index (χ1) is 10.6. The van der Waals surface area contributed by atoms with Gasteiger partial charge in [0.05, 0.1) is 18.8 Å². The highest BCUT2D eigenvalue weighted by Gasteiger charge is 2.36. The Morgan fingerprint density at radius 3 is 2.86 bits per heavy atom. The minimum atomic E-state index is -0.912. The molecule has 2 unspecified atom stereocenters. The van der Waals surface area contributed by atoms with E-state index in [1.54, 1.807) is 18.1 Å². The SMILES string of the molecule is CCCC(NC1CCN(c2ccccc2OC)C1=O)C(=O)O. The van der Waals surface area contributed by atoms with Gasteiger partial charge in [0.25, 0.3) is 0 Å². The number of methoxy groups -OCH3 is 1. The molecule has 22 heavy (non-hydrogen) atoms. The van der Waals surface area contributed by atoms with Crippen molar-refractivity contribution in [2.45, 2.75) is 38.3 Å². The van der Waals surface area contributed by atoms with Crippen LogP contribution in [0.1, 0.15) is 26.2 Å². The molecule has 1 aliphatic heterocycles. The molecule has 0 saturated carbocycles. The van der Waals surface area contributed by atoms with Gasteiger partial charge in [-0.25, -0.2) is 0 Å². The van der Waals surface area contributed by atoms with E-state index in [9.17, 15) is 14.7 Å². The van der Waals surface area contributed by atoms with Gasteiger partial charge in [0, 0.05) is 6.54 Å². The molecule has 0 spiro atoms. The Balaban J connectivity index is 2.11. The second kappa shape index (κ2) is 7.26. The van der Waals surface area contributed by atoms with Crippen molar-refractivity contribution in [1.82, 2.24) is 5.32 Å². The molecule has 0 aliphatic carbocycles. The van der Waals surface area contributed by atoms with Crippen molar-refractivity contribution < 1.29 is 19.4 Å². The summed E-state index contributed by atoms with van der Waals surface area (Å²) in [7, 11) is 1.57. The Bertz CT molecular complexity index is 547. The summed E-state index contributed by atoms with van der Waals surface area (Å²) in [5.41, 5.74) is 0.724. The van der Waals surface area contributed by atoms with Crippen molar-refractivity contribution in [1.29, 1.82) is 0 Å². The fraction of sp³-hybridized carbons (Fsp3) is 0.500. The van der Waals surface area contributed by atoms with E-state index in [0.29, 0.717) is 25.1 Å². The van der Waals surface area contributed by atoms with Crippen LogP contribution in [0.3, 0.4) is 0 Å². The molecular formula is C16H22N2O4. The third kappa shape index (κ3) is 3.39. The lowest BCUT2D eigenvalue weighted by atomic mass is 10.1. The summed E-state index contributed by atoms with van der Waals surface area (Å²) >= 11 is 0. The minimum absolute atomic E-state index is 0.105. The van der Waals surface area contributed by atoms with E-state index in [2.05, 4.69) is 5.32 Å². The minimum Gasteiger partial charge on any atom is -0.495 e. The van der Waals surface area contributed by atoms with Crippen LogP contribution in [0.25, 0.3) is 0 Å². The van der Waals surface area contributed by atoms with Crippen molar-refractivity contribution in [2.24, 2.45) is 0 Å². The van der Waals surface area contributed by atoms with Crippen LogP contribution >= 0.6 is 0 Å². The zero-order chi connectivity index (χ0) is 16.1. The molecule has 2 atom stereocenters. The number of carboxylic acids is 1. The van der Waals surface area contributed by atoms with Gasteiger partial charge in [-0.3, -0.25) is 14.9 Å². The van der Waals surface area contributed by atoms with E-state index in [1.165, 1.54) is 0 Å². The number of rotatable bonds is 7. The maximum absolute atomic E-state index is 12.6. The van der Waals surface area contributed by atoms with Crippen molar-refractivity contribution in [2.75, 3.05) is 18.6 Å². The van der Waals surface area contributed by atoms with Gasteiger partial charge in [0.15, 0.2) is 0 Å². The third-order valence-electron chi connectivity index (χ3n) is 3.86. The highest BCUT2D eigenvalue weighted by molar-refractivity contribution is 6.00. The predicted molar refractivity (Wildman–Crippen MR) is 83.2 cm³/mol. The number of hydrogen-bond acceptors (Lipinski definition) is 4. The molecule has 0 aromatic heterocycles. The standard InChI is InChI=1S/C16H22N2O4/c1-3-6-12(16(20)21)17-11-9-10-18(15(11)19)13-7-4-5-8-14(13)22-2/h4-5,7-8,11-12,17H,3,6,9-10H2,1-2H3,(H,20,21). The molecule has 6 heteroatoms. The molecule has 1 fully saturated rings. The van der Waals surface area contributed by atoms with E-state index >= 15 is 0 Å². The second-order valence-electron chi connectivity index (χ2n) is 5.35. The Morgan fingerprint density at radius 2 is 2.23 bits per heavy atom. The first-order valence-corrected chi connectivity index (χ1v) is 7.51. The average Bonchev–Trinajstić information content (AvgIpc) is 2.87. The maximum atomic E-state index is 12.6. The summed E-state index contributed by atoms with van der Waals surface area (Å²) in [5.74, 6) is -0.378. The lowest BCUT2D eigenvalue weighted by molar-refractivity contribution is -0.140. The van der Waals surface area contributed by atoms with Crippen LogP contribution in [0.15, 0.2) is 24.3 Å². The average molecular weight is 306 g/mol. The molecule has 6 nitrogen and oxygen atoms in total. The molecule has 1 aromatic carbocycles. The quantitative estimate of drug-likeness (QED) is 0.800. The van der Waals surface area contributed by atoms with Gasteiger partial charge in [-0.1, -0.05) is 25.5 Å². The first kappa shape index (κ1) is 16.3. The largest absolute Gasteiger partial charge is 0.495 e. The number of amides is 1. The van der Waals surface area contributed by atoms with E-state index in [-0.39, 0.29) is 5.91 Å². The number of nitrogens with one attached hydrogen (secondary N) is 1. The van der Waals surface area contributed by atoms with Crippen molar-refractivity contribution >= 4 is 17.6 Å². The number of carbonyl (C=O) groups is 2. The monoisotopic (exact) mass is 306 g/mol. The summed E-state index contributed by atoms with van der Waals surface area (Å²) in [6.45, 7) is 2.48. The molecule has 120 valence electrons. The number of carboxylic acid groups (broad SMARTS) is 1. The van der Waals surface area contributed by atoms with E-state index < -0.39 is 18.1 Å². The number of ether oxygens (including phenoxy) is 1. The van der Waals surface area contributed by atoms with Gasteiger partial charge in [-0.2, -0.15) is 0 Å². The number of para-hydroxylation sites is 2. The fourth-order valence-corrected chi connectivity index (χ4v) is 2.74. The number of aliphatic carboxylic acids is 1. The number of carbonyl (C=O) groups excluding carboxylic acids is 1. The van der Waals surface area contributed by atoms with E-state index in [4.69, 9.17) is 4.74 Å².